The van der Waals surface area contributed by atoms with Gasteiger partial charge in [-0.2, -0.15) is 0 Å². The molecule has 1 aliphatic rings. The van der Waals surface area contributed by atoms with Crippen LogP contribution in [0.1, 0.15) is 24.2 Å². The van der Waals surface area contributed by atoms with E-state index in [1.807, 2.05) is 25.1 Å². The van der Waals surface area contributed by atoms with Gasteiger partial charge in [0.05, 0.1) is 9.30 Å². The normalized spacial score (nSPS) is 26.1. The van der Waals surface area contributed by atoms with Crippen LogP contribution in [0.3, 0.4) is 0 Å². The molecule has 1 unspecified atom stereocenters. The molecule has 0 N–H and O–H groups in total. The van der Waals surface area contributed by atoms with Crippen molar-refractivity contribution < 1.29 is 12.3 Å². The molecule has 0 aliphatic carbocycles. The molecule has 0 aromatic heterocycles. The molecule has 90 valence electrons. The summed E-state index contributed by atoms with van der Waals surface area (Å²) in [5, 5.41) is 0. The van der Waals surface area contributed by atoms with Gasteiger partial charge in [-0.3, -0.25) is 4.79 Å². The Morgan fingerprint density at radius 1 is 1.17 bits per heavy atom. The number of Topliss-reactive ketones (excluding diaryl/α,β-unsaturated/α-hetero) is 1. The second-order valence-corrected chi connectivity index (χ2v) is 4.40. The zero-order valence-corrected chi connectivity index (χ0v) is 10.0. The Bertz CT molecular complexity index is 667. The van der Waals surface area contributed by atoms with E-state index in [1.165, 1.54) is 0 Å². The average Bonchev–Trinajstić information content (AvgIpc) is 3.03. The van der Waals surface area contributed by atoms with Gasteiger partial charge in [0.1, 0.15) is 0 Å². The van der Waals surface area contributed by atoms with Crippen molar-refractivity contribution in [3.05, 3.63) is 71.3 Å². The molecule has 2 heteroatoms. The smallest absolute Gasteiger partial charge is 0.201 e. The fraction of sp³-hybridized carbons (Fsp3) is 0.188. The summed E-state index contributed by atoms with van der Waals surface area (Å²) in [6.07, 6.45) is 0. The van der Waals surface area contributed by atoms with Crippen molar-refractivity contribution in [3.63, 3.8) is 0 Å². The number of carbonyl (C=O) groups excluding carboxylic acids is 1. The van der Waals surface area contributed by atoms with E-state index in [0.29, 0.717) is 11.1 Å². The van der Waals surface area contributed by atoms with Crippen molar-refractivity contribution in [2.75, 3.05) is 6.56 Å². The second kappa shape index (κ2) is 4.07. The average molecular weight is 240 g/mol. The number of hydrogen-bond donors (Lipinski definition) is 0. The van der Waals surface area contributed by atoms with E-state index in [2.05, 4.69) is 0 Å². The van der Waals surface area contributed by atoms with Crippen LogP contribution < -0.4 is 0 Å². The van der Waals surface area contributed by atoms with Gasteiger partial charge in [0.2, 0.25) is 5.78 Å². The minimum absolute atomic E-state index is 0.336. The summed E-state index contributed by atoms with van der Waals surface area (Å²) in [6.45, 7) is -0.112. The topological polar surface area (TPSA) is 29.6 Å². The first-order valence-electron chi connectivity index (χ1n) is 6.85. The number of ketones is 1. The molecule has 2 aromatic rings. The third-order valence-electron chi connectivity index (χ3n) is 3.19. The molecular formula is C16H14O2. The SMILES string of the molecule is [2H]C1([2H])OC1(C(=O)c1ccccc1)c1ccccc1C. The molecule has 0 amide bonds. The summed E-state index contributed by atoms with van der Waals surface area (Å²) >= 11 is 0. The summed E-state index contributed by atoms with van der Waals surface area (Å²) in [7, 11) is 0. The molecule has 1 atom stereocenters. The molecule has 0 bridgehead atoms. The molecule has 3 rings (SSSR count). The highest BCUT2D eigenvalue weighted by molar-refractivity contribution is 6.04. The highest BCUT2D eigenvalue weighted by Gasteiger charge is 2.54. The number of carbonyl (C=O) groups is 1. The number of rotatable bonds is 3. The van der Waals surface area contributed by atoms with Crippen LogP contribution >= 0.6 is 0 Å². The summed E-state index contributed by atoms with van der Waals surface area (Å²) in [5.41, 5.74) is 0.383. The second-order valence-electron chi connectivity index (χ2n) is 4.40. The lowest BCUT2D eigenvalue weighted by Crippen LogP contribution is -2.23. The van der Waals surface area contributed by atoms with Crippen molar-refractivity contribution in [2.45, 2.75) is 12.5 Å². The van der Waals surface area contributed by atoms with Crippen LogP contribution in [0.25, 0.3) is 0 Å². The highest BCUT2D eigenvalue weighted by Crippen LogP contribution is 2.43. The van der Waals surface area contributed by atoms with Crippen LogP contribution in [0.2, 0.25) is 0 Å². The number of epoxide rings is 1. The largest absolute Gasteiger partial charge is 0.356 e. The Hall–Kier alpha value is -1.93. The summed E-state index contributed by atoms with van der Waals surface area (Å²) in [4.78, 5) is 12.7. The van der Waals surface area contributed by atoms with Gasteiger partial charge in [-0.25, -0.2) is 0 Å². The minimum atomic E-state index is -1.97. The van der Waals surface area contributed by atoms with Crippen LogP contribution in [0.4, 0.5) is 0 Å². The summed E-state index contributed by atoms with van der Waals surface area (Å²) < 4.78 is 21.0. The van der Waals surface area contributed by atoms with Crippen LogP contribution in [-0.4, -0.2) is 12.3 Å². The number of ether oxygens (including phenoxy) is 1. The number of hydrogen-bond acceptors (Lipinski definition) is 2. The Morgan fingerprint density at radius 3 is 2.39 bits per heavy atom. The molecule has 1 heterocycles. The van der Waals surface area contributed by atoms with Gasteiger partial charge < -0.3 is 4.74 Å². The van der Waals surface area contributed by atoms with Gasteiger partial charge in [-0.15, -0.1) is 0 Å². The predicted molar refractivity (Wildman–Crippen MR) is 69.6 cm³/mol. The summed E-state index contributed by atoms with van der Waals surface area (Å²) in [5.74, 6) is -0.336. The van der Waals surface area contributed by atoms with Crippen molar-refractivity contribution >= 4 is 5.78 Å². The fourth-order valence-corrected chi connectivity index (χ4v) is 2.14. The molecule has 0 saturated carbocycles. The fourth-order valence-electron chi connectivity index (χ4n) is 2.14. The number of aryl methyl sites for hydroxylation is 1. The molecule has 1 fully saturated rings. The van der Waals surface area contributed by atoms with Gasteiger partial charge in [0.15, 0.2) is 5.60 Å². The molecular weight excluding hydrogens is 224 g/mol. The Balaban J connectivity index is 2.12. The predicted octanol–water partition coefficient (Wildman–Crippen LogP) is 3.10. The molecule has 1 saturated heterocycles. The molecule has 2 aromatic carbocycles. The summed E-state index contributed by atoms with van der Waals surface area (Å²) in [6, 6.07) is 16.0. The van der Waals surface area contributed by atoms with E-state index in [1.54, 1.807) is 36.4 Å². The van der Waals surface area contributed by atoms with Gasteiger partial charge in [0.25, 0.3) is 0 Å². The Kier molecular flexibility index (Phi) is 2.05. The van der Waals surface area contributed by atoms with Crippen molar-refractivity contribution in [1.29, 1.82) is 0 Å². The van der Waals surface area contributed by atoms with E-state index in [9.17, 15) is 4.79 Å². The quantitative estimate of drug-likeness (QED) is 0.609. The Morgan fingerprint density at radius 2 is 1.78 bits per heavy atom. The third kappa shape index (κ3) is 1.66. The van der Waals surface area contributed by atoms with Gasteiger partial charge in [-0.1, -0.05) is 54.6 Å². The molecule has 2 nitrogen and oxygen atoms in total. The van der Waals surface area contributed by atoms with Gasteiger partial charge >= 0.3 is 0 Å². The molecule has 0 radical (unpaired) electrons. The lowest BCUT2D eigenvalue weighted by molar-refractivity contribution is 0.0870. The zero-order chi connectivity index (χ0) is 14.4. The van der Waals surface area contributed by atoms with Crippen LogP contribution in [0.5, 0.6) is 0 Å². The van der Waals surface area contributed by atoms with Crippen molar-refractivity contribution in [3.8, 4) is 0 Å². The first kappa shape index (κ1) is 9.06. The molecule has 1 aliphatic heterocycles. The minimum Gasteiger partial charge on any atom is -0.356 e. The third-order valence-corrected chi connectivity index (χ3v) is 3.19. The maximum Gasteiger partial charge on any atom is 0.201 e. The van der Waals surface area contributed by atoms with Gasteiger partial charge in [-0.05, 0) is 18.1 Å². The maximum atomic E-state index is 12.7. The zero-order valence-electron chi connectivity index (χ0n) is 12.0. The van der Waals surface area contributed by atoms with Crippen molar-refractivity contribution in [2.24, 2.45) is 0 Å². The highest BCUT2D eigenvalue weighted by atomic mass is 16.6. The lowest BCUT2D eigenvalue weighted by atomic mass is 9.88. The Labute approximate surface area is 109 Å². The first-order valence-corrected chi connectivity index (χ1v) is 5.85. The standard InChI is InChI=1S/C16H14O2/c1-12-7-5-6-10-14(12)16(11-18-16)15(17)13-8-3-2-4-9-13/h2-10H,11H2,1H3/i11D2. The van der Waals surface area contributed by atoms with E-state index < -0.39 is 12.2 Å². The molecule has 0 spiro atoms. The molecule has 18 heavy (non-hydrogen) atoms. The van der Waals surface area contributed by atoms with Gasteiger partial charge in [0, 0.05) is 5.56 Å². The van der Waals surface area contributed by atoms with E-state index in [0.717, 1.165) is 5.56 Å². The lowest BCUT2D eigenvalue weighted by Gasteiger charge is -2.13. The number of benzene rings is 2. The van der Waals surface area contributed by atoms with E-state index >= 15 is 0 Å². The van der Waals surface area contributed by atoms with Crippen LogP contribution in [-0.2, 0) is 10.3 Å². The first-order chi connectivity index (χ1) is 9.49. The van der Waals surface area contributed by atoms with Crippen LogP contribution in [0, 0.1) is 6.92 Å². The monoisotopic (exact) mass is 240 g/mol. The van der Waals surface area contributed by atoms with E-state index in [4.69, 9.17) is 7.48 Å². The maximum absolute atomic E-state index is 12.7. The van der Waals surface area contributed by atoms with Crippen LogP contribution in [0.15, 0.2) is 54.6 Å². The van der Waals surface area contributed by atoms with Crippen molar-refractivity contribution in [1.82, 2.24) is 0 Å². The van der Waals surface area contributed by atoms with E-state index in [-0.39, 0.29) is 5.78 Å².